The average molecular weight is 311 g/mol. The third-order valence-electron chi connectivity index (χ3n) is 2.99. The number of halogens is 2. The highest BCUT2D eigenvalue weighted by molar-refractivity contribution is 6.35. The van der Waals surface area contributed by atoms with E-state index in [2.05, 4.69) is 9.88 Å². The second-order valence-corrected chi connectivity index (χ2v) is 5.31. The average Bonchev–Trinajstić information content (AvgIpc) is 2.44. The van der Waals surface area contributed by atoms with Crippen molar-refractivity contribution in [3.05, 3.63) is 63.9 Å². The van der Waals surface area contributed by atoms with Gasteiger partial charge in [-0.1, -0.05) is 35.3 Å². The number of aliphatic hydroxyl groups excluding tert-OH is 1. The van der Waals surface area contributed by atoms with E-state index >= 15 is 0 Å². The Morgan fingerprint density at radius 3 is 2.40 bits per heavy atom. The van der Waals surface area contributed by atoms with Gasteiger partial charge in [0, 0.05) is 47.6 Å². The van der Waals surface area contributed by atoms with Gasteiger partial charge < -0.3 is 5.11 Å². The molecule has 20 heavy (non-hydrogen) atoms. The lowest BCUT2D eigenvalue weighted by molar-refractivity contribution is 0.184. The molecule has 5 heteroatoms. The Labute approximate surface area is 128 Å². The molecule has 1 heterocycles. The minimum Gasteiger partial charge on any atom is -0.395 e. The fourth-order valence-electron chi connectivity index (χ4n) is 2.01. The van der Waals surface area contributed by atoms with Gasteiger partial charge in [0.2, 0.25) is 0 Å². The number of aromatic nitrogens is 1. The van der Waals surface area contributed by atoms with Crippen molar-refractivity contribution in [2.75, 3.05) is 13.2 Å². The van der Waals surface area contributed by atoms with Gasteiger partial charge in [0.05, 0.1) is 6.61 Å². The molecule has 0 aliphatic carbocycles. The number of benzene rings is 1. The molecule has 0 radical (unpaired) electrons. The van der Waals surface area contributed by atoms with Crippen LogP contribution >= 0.6 is 23.2 Å². The SMILES string of the molecule is OCCN(Cc1cccnc1)Cc1c(Cl)cccc1Cl. The van der Waals surface area contributed by atoms with Crippen LogP contribution in [0.25, 0.3) is 0 Å². The van der Waals surface area contributed by atoms with E-state index in [9.17, 15) is 5.11 Å². The summed E-state index contributed by atoms with van der Waals surface area (Å²) in [6, 6.07) is 9.38. The second-order valence-electron chi connectivity index (χ2n) is 4.50. The molecule has 0 aliphatic rings. The smallest absolute Gasteiger partial charge is 0.0558 e. The predicted octanol–water partition coefficient (Wildman–Crippen LogP) is 3.38. The molecule has 0 fully saturated rings. The van der Waals surface area contributed by atoms with Gasteiger partial charge in [-0.15, -0.1) is 0 Å². The van der Waals surface area contributed by atoms with E-state index in [1.807, 2.05) is 36.5 Å². The summed E-state index contributed by atoms with van der Waals surface area (Å²) in [6.07, 6.45) is 3.56. The first-order valence-corrected chi connectivity index (χ1v) is 7.11. The van der Waals surface area contributed by atoms with Gasteiger partial charge in [0.1, 0.15) is 0 Å². The Bertz CT molecular complexity index is 529. The van der Waals surface area contributed by atoms with Gasteiger partial charge in [-0.25, -0.2) is 0 Å². The molecule has 0 bridgehead atoms. The lowest BCUT2D eigenvalue weighted by Crippen LogP contribution is -2.26. The highest BCUT2D eigenvalue weighted by Crippen LogP contribution is 2.26. The fourth-order valence-corrected chi connectivity index (χ4v) is 2.53. The molecule has 1 N–H and O–H groups in total. The summed E-state index contributed by atoms with van der Waals surface area (Å²) < 4.78 is 0. The zero-order valence-corrected chi connectivity index (χ0v) is 12.5. The summed E-state index contributed by atoms with van der Waals surface area (Å²) in [4.78, 5) is 6.19. The van der Waals surface area contributed by atoms with E-state index in [1.165, 1.54) is 0 Å². The van der Waals surface area contributed by atoms with E-state index in [0.29, 0.717) is 29.7 Å². The van der Waals surface area contributed by atoms with E-state index in [0.717, 1.165) is 11.1 Å². The van der Waals surface area contributed by atoms with Crippen LogP contribution in [0, 0.1) is 0 Å². The number of hydrogen-bond acceptors (Lipinski definition) is 3. The van der Waals surface area contributed by atoms with E-state index in [1.54, 1.807) is 6.20 Å². The molecule has 0 saturated carbocycles. The first-order chi connectivity index (χ1) is 9.70. The van der Waals surface area contributed by atoms with Crippen molar-refractivity contribution in [1.29, 1.82) is 0 Å². The summed E-state index contributed by atoms with van der Waals surface area (Å²) in [5.41, 5.74) is 1.97. The van der Waals surface area contributed by atoms with Gasteiger partial charge in [-0.05, 0) is 23.8 Å². The summed E-state index contributed by atoms with van der Waals surface area (Å²) in [6.45, 7) is 1.92. The minimum atomic E-state index is 0.0856. The Morgan fingerprint density at radius 2 is 1.80 bits per heavy atom. The zero-order chi connectivity index (χ0) is 14.4. The van der Waals surface area contributed by atoms with Crippen molar-refractivity contribution in [1.82, 2.24) is 9.88 Å². The standard InChI is InChI=1S/C15H16Cl2N2O/c16-14-4-1-5-15(17)13(14)11-19(7-8-20)10-12-3-2-6-18-9-12/h1-6,9,20H,7-8,10-11H2. The van der Waals surface area contributed by atoms with Crippen LogP contribution in [0.4, 0.5) is 0 Å². The molecule has 106 valence electrons. The van der Waals surface area contributed by atoms with Gasteiger partial charge in [-0.2, -0.15) is 0 Å². The molecule has 0 saturated heterocycles. The highest BCUT2D eigenvalue weighted by Gasteiger charge is 2.12. The lowest BCUT2D eigenvalue weighted by Gasteiger charge is -2.22. The molecule has 2 rings (SSSR count). The fraction of sp³-hybridized carbons (Fsp3) is 0.267. The molecular weight excluding hydrogens is 295 g/mol. The van der Waals surface area contributed by atoms with Crippen molar-refractivity contribution in [3.8, 4) is 0 Å². The van der Waals surface area contributed by atoms with Crippen LogP contribution in [0.15, 0.2) is 42.7 Å². The van der Waals surface area contributed by atoms with Gasteiger partial charge in [0.25, 0.3) is 0 Å². The van der Waals surface area contributed by atoms with Crippen LogP contribution in [0.1, 0.15) is 11.1 Å². The topological polar surface area (TPSA) is 36.4 Å². The first kappa shape index (κ1) is 15.3. The van der Waals surface area contributed by atoms with Crippen molar-refractivity contribution < 1.29 is 5.11 Å². The Kier molecular flexibility index (Phi) is 5.80. The van der Waals surface area contributed by atoms with Crippen LogP contribution in [-0.2, 0) is 13.1 Å². The third kappa shape index (κ3) is 4.18. The van der Waals surface area contributed by atoms with Gasteiger partial charge in [-0.3, -0.25) is 9.88 Å². The number of rotatable bonds is 6. The summed E-state index contributed by atoms with van der Waals surface area (Å²) in [5, 5.41) is 10.5. The van der Waals surface area contributed by atoms with E-state index in [4.69, 9.17) is 23.2 Å². The maximum Gasteiger partial charge on any atom is 0.0558 e. The molecule has 3 nitrogen and oxygen atoms in total. The maximum absolute atomic E-state index is 9.21. The minimum absolute atomic E-state index is 0.0856. The van der Waals surface area contributed by atoms with Gasteiger partial charge >= 0.3 is 0 Å². The van der Waals surface area contributed by atoms with Crippen LogP contribution in [0.5, 0.6) is 0 Å². The maximum atomic E-state index is 9.21. The molecule has 1 aromatic carbocycles. The third-order valence-corrected chi connectivity index (χ3v) is 3.70. The first-order valence-electron chi connectivity index (χ1n) is 6.35. The van der Waals surface area contributed by atoms with Crippen LogP contribution in [0.2, 0.25) is 10.0 Å². The highest BCUT2D eigenvalue weighted by atomic mass is 35.5. The van der Waals surface area contributed by atoms with Crippen LogP contribution in [-0.4, -0.2) is 28.1 Å². The molecule has 0 amide bonds. The number of hydrogen-bond donors (Lipinski definition) is 1. The molecule has 0 unspecified atom stereocenters. The largest absolute Gasteiger partial charge is 0.395 e. The van der Waals surface area contributed by atoms with Crippen LogP contribution < -0.4 is 0 Å². The van der Waals surface area contributed by atoms with E-state index in [-0.39, 0.29) is 6.61 Å². The number of nitrogens with zero attached hydrogens (tertiary/aromatic N) is 2. The Hall–Kier alpha value is -1.13. The van der Waals surface area contributed by atoms with Crippen LogP contribution in [0.3, 0.4) is 0 Å². The molecule has 0 atom stereocenters. The normalized spacial score (nSPS) is 11.0. The zero-order valence-electron chi connectivity index (χ0n) is 11.0. The van der Waals surface area contributed by atoms with Gasteiger partial charge in [0.15, 0.2) is 0 Å². The quantitative estimate of drug-likeness (QED) is 0.888. The number of aliphatic hydroxyl groups is 1. The van der Waals surface area contributed by atoms with Crippen molar-refractivity contribution >= 4 is 23.2 Å². The number of pyridine rings is 1. The summed E-state index contributed by atoms with van der Waals surface area (Å²) >= 11 is 12.4. The predicted molar refractivity (Wildman–Crippen MR) is 81.9 cm³/mol. The van der Waals surface area contributed by atoms with Crippen molar-refractivity contribution in [3.63, 3.8) is 0 Å². The van der Waals surface area contributed by atoms with Crippen molar-refractivity contribution in [2.24, 2.45) is 0 Å². The molecular formula is C15H16Cl2N2O. The molecule has 2 aromatic rings. The molecule has 0 aliphatic heterocycles. The summed E-state index contributed by atoms with van der Waals surface area (Å²) in [7, 11) is 0. The van der Waals surface area contributed by atoms with E-state index < -0.39 is 0 Å². The molecule has 1 aromatic heterocycles. The molecule has 0 spiro atoms. The monoisotopic (exact) mass is 310 g/mol. The second kappa shape index (κ2) is 7.60. The Balaban J connectivity index is 2.13. The summed E-state index contributed by atoms with van der Waals surface area (Å²) in [5.74, 6) is 0. The van der Waals surface area contributed by atoms with Crippen molar-refractivity contribution in [2.45, 2.75) is 13.1 Å². The lowest BCUT2D eigenvalue weighted by atomic mass is 10.2. The Morgan fingerprint density at radius 1 is 1.05 bits per heavy atom.